The van der Waals surface area contributed by atoms with Gasteiger partial charge in [0.25, 0.3) is 5.56 Å². The van der Waals surface area contributed by atoms with Gasteiger partial charge in [-0.1, -0.05) is 12.1 Å². The van der Waals surface area contributed by atoms with Gasteiger partial charge < -0.3 is 9.84 Å². The molecule has 23 heavy (non-hydrogen) atoms. The Labute approximate surface area is 130 Å². The maximum atomic E-state index is 12.6. The van der Waals surface area contributed by atoms with Gasteiger partial charge in [0, 0.05) is 12.1 Å². The molecule has 2 atom stereocenters. The molecule has 1 aromatic heterocycles. The number of aromatic nitrogens is 1. The standard InChI is InChI=1S/C16H17F3N2O2/c17-16(18,19)12-3-1-11(2-4-12)9-13-10-14(5-7-20-13)21-15(22)6-8-23-21/h1-4,6,8,13-14,20H,5,7,9-10H2/t13-,14+/m1/s1. The van der Waals surface area contributed by atoms with Crippen LogP contribution < -0.4 is 10.9 Å². The van der Waals surface area contributed by atoms with Crippen LogP contribution >= 0.6 is 0 Å². The second-order valence-corrected chi connectivity index (χ2v) is 5.80. The van der Waals surface area contributed by atoms with Gasteiger partial charge in [-0.2, -0.15) is 17.9 Å². The molecule has 1 aliphatic rings. The van der Waals surface area contributed by atoms with E-state index < -0.39 is 11.7 Å². The first kappa shape index (κ1) is 15.9. The summed E-state index contributed by atoms with van der Waals surface area (Å²) in [6.07, 6.45) is -0.835. The van der Waals surface area contributed by atoms with E-state index in [2.05, 4.69) is 5.32 Å². The van der Waals surface area contributed by atoms with Crippen LogP contribution in [-0.2, 0) is 12.6 Å². The summed E-state index contributed by atoms with van der Waals surface area (Å²) in [5, 5.41) is 3.34. The van der Waals surface area contributed by atoms with E-state index in [-0.39, 0.29) is 17.6 Å². The number of rotatable bonds is 3. The van der Waals surface area contributed by atoms with E-state index in [0.717, 1.165) is 30.7 Å². The number of halogens is 3. The lowest BCUT2D eigenvalue weighted by Gasteiger charge is -2.30. The number of hydrogen-bond acceptors (Lipinski definition) is 3. The number of nitrogens with zero attached hydrogens (tertiary/aromatic N) is 1. The Morgan fingerprint density at radius 3 is 2.57 bits per heavy atom. The average molecular weight is 326 g/mol. The molecule has 0 amide bonds. The summed E-state index contributed by atoms with van der Waals surface area (Å²) in [5.41, 5.74) is 0.0333. The summed E-state index contributed by atoms with van der Waals surface area (Å²) >= 11 is 0. The van der Waals surface area contributed by atoms with E-state index in [0.29, 0.717) is 12.8 Å². The molecule has 0 bridgehead atoms. The molecule has 2 aromatic rings. The molecule has 124 valence electrons. The predicted octanol–water partition coefficient (Wildman–Crippen LogP) is 3.00. The van der Waals surface area contributed by atoms with Crippen molar-refractivity contribution in [1.29, 1.82) is 0 Å². The maximum Gasteiger partial charge on any atom is 0.416 e. The number of hydrogen-bond donors (Lipinski definition) is 1. The molecule has 7 heteroatoms. The van der Waals surface area contributed by atoms with Gasteiger partial charge >= 0.3 is 6.18 Å². The highest BCUT2D eigenvalue weighted by atomic mass is 19.4. The molecule has 0 aliphatic carbocycles. The summed E-state index contributed by atoms with van der Waals surface area (Å²) in [6, 6.07) is 6.69. The van der Waals surface area contributed by atoms with Gasteiger partial charge in [0.15, 0.2) is 0 Å². The fraction of sp³-hybridized carbons (Fsp3) is 0.438. The molecule has 1 aliphatic heterocycles. The summed E-state index contributed by atoms with van der Waals surface area (Å²) < 4.78 is 44.3. The van der Waals surface area contributed by atoms with Gasteiger partial charge in [-0.25, -0.2) is 0 Å². The lowest BCUT2D eigenvalue weighted by atomic mass is 9.94. The van der Waals surface area contributed by atoms with Crippen molar-refractivity contribution >= 4 is 0 Å². The SMILES string of the molecule is O=c1ccon1[C@H]1CCN[C@H](Cc2ccc(C(F)(F)F)cc2)C1. The van der Waals surface area contributed by atoms with E-state index in [1.165, 1.54) is 29.2 Å². The first-order valence-electron chi connectivity index (χ1n) is 7.49. The van der Waals surface area contributed by atoms with Crippen molar-refractivity contribution in [2.75, 3.05) is 6.54 Å². The maximum absolute atomic E-state index is 12.6. The molecule has 1 aromatic carbocycles. The van der Waals surface area contributed by atoms with Crippen molar-refractivity contribution in [3.05, 3.63) is 58.1 Å². The van der Waals surface area contributed by atoms with E-state index >= 15 is 0 Å². The lowest BCUT2D eigenvalue weighted by Crippen LogP contribution is -2.41. The Kier molecular flexibility index (Phi) is 4.30. The predicted molar refractivity (Wildman–Crippen MR) is 78.2 cm³/mol. The Balaban J connectivity index is 1.66. The molecule has 1 saturated heterocycles. The summed E-state index contributed by atoms with van der Waals surface area (Å²) in [6.45, 7) is 0.739. The Morgan fingerprint density at radius 2 is 1.96 bits per heavy atom. The second-order valence-electron chi connectivity index (χ2n) is 5.80. The van der Waals surface area contributed by atoms with Gasteiger partial charge in [-0.3, -0.25) is 4.79 Å². The van der Waals surface area contributed by atoms with Crippen LogP contribution in [0, 0.1) is 0 Å². The van der Waals surface area contributed by atoms with Gasteiger partial charge in [0.1, 0.15) is 6.26 Å². The highest BCUT2D eigenvalue weighted by Gasteiger charge is 2.30. The summed E-state index contributed by atoms with van der Waals surface area (Å²) in [4.78, 5) is 11.7. The van der Waals surface area contributed by atoms with Gasteiger partial charge in [0.2, 0.25) is 0 Å². The van der Waals surface area contributed by atoms with Crippen LogP contribution in [0.5, 0.6) is 0 Å². The van der Waals surface area contributed by atoms with Crippen molar-refractivity contribution in [3.8, 4) is 0 Å². The van der Waals surface area contributed by atoms with E-state index in [4.69, 9.17) is 4.52 Å². The van der Waals surface area contributed by atoms with E-state index in [1.807, 2.05) is 0 Å². The third kappa shape index (κ3) is 3.67. The molecule has 4 nitrogen and oxygen atoms in total. The van der Waals surface area contributed by atoms with E-state index in [1.54, 1.807) is 0 Å². The molecule has 1 N–H and O–H groups in total. The van der Waals surface area contributed by atoms with Crippen molar-refractivity contribution in [2.45, 2.75) is 37.5 Å². The van der Waals surface area contributed by atoms with Gasteiger partial charge in [0.05, 0.1) is 11.6 Å². The molecular weight excluding hydrogens is 309 g/mol. The zero-order valence-electron chi connectivity index (χ0n) is 12.3. The van der Waals surface area contributed by atoms with Crippen LogP contribution in [-0.4, -0.2) is 17.3 Å². The third-order valence-electron chi connectivity index (χ3n) is 4.16. The highest BCUT2D eigenvalue weighted by Crippen LogP contribution is 2.29. The smallest absolute Gasteiger partial charge is 0.384 e. The minimum atomic E-state index is -4.31. The van der Waals surface area contributed by atoms with Crippen LogP contribution in [0.1, 0.15) is 30.0 Å². The van der Waals surface area contributed by atoms with Crippen molar-refractivity contribution in [2.24, 2.45) is 0 Å². The molecule has 3 rings (SSSR count). The topological polar surface area (TPSA) is 47.2 Å². The number of nitrogens with one attached hydrogen (secondary N) is 1. The van der Waals surface area contributed by atoms with Crippen LogP contribution in [0.3, 0.4) is 0 Å². The van der Waals surface area contributed by atoms with Crippen LogP contribution in [0.2, 0.25) is 0 Å². The lowest BCUT2D eigenvalue weighted by molar-refractivity contribution is -0.137. The Morgan fingerprint density at radius 1 is 1.22 bits per heavy atom. The monoisotopic (exact) mass is 326 g/mol. The largest absolute Gasteiger partial charge is 0.416 e. The van der Waals surface area contributed by atoms with Gasteiger partial charge in [-0.05, 0) is 43.5 Å². The molecule has 0 radical (unpaired) electrons. The van der Waals surface area contributed by atoms with Crippen molar-refractivity contribution in [3.63, 3.8) is 0 Å². The molecule has 1 fully saturated rings. The highest BCUT2D eigenvalue weighted by molar-refractivity contribution is 5.25. The number of benzene rings is 1. The number of alkyl halides is 3. The zero-order chi connectivity index (χ0) is 16.4. The normalized spacial score (nSPS) is 22.2. The average Bonchev–Trinajstić information content (AvgIpc) is 2.93. The number of piperidine rings is 1. The van der Waals surface area contributed by atoms with Crippen LogP contribution in [0.4, 0.5) is 13.2 Å². The fourth-order valence-electron chi connectivity index (χ4n) is 3.01. The minimum Gasteiger partial charge on any atom is -0.384 e. The molecule has 0 spiro atoms. The quantitative estimate of drug-likeness (QED) is 0.943. The third-order valence-corrected chi connectivity index (χ3v) is 4.16. The van der Waals surface area contributed by atoms with Gasteiger partial charge in [-0.15, -0.1) is 0 Å². The minimum absolute atomic E-state index is 0.0156. The van der Waals surface area contributed by atoms with Crippen LogP contribution in [0.25, 0.3) is 0 Å². The Hall–Kier alpha value is -2.02. The first-order valence-corrected chi connectivity index (χ1v) is 7.49. The Bertz CT molecular complexity index is 703. The first-order chi connectivity index (χ1) is 10.9. The molecule has 2 heterocycles. The molecule has 0 saturated carbocycles. The molecular formula is C16H17F3N2O2. The summed E-state index contributed by atoms with van der Waals surface area (Å²) in [5.74, 6) is 0. The zero-order valence-corrected chi connectivity index (χ0v) is 12.3. The fourth-order valence-corrected chi connectivity index (χ4v) is 3.01. The van der Waals surface area contributed by atoms with Crippen LogP contribution in [0.15, 0.2) is 45.9 Å². The second kappa shape index (κ2) is 6.23. The van der Waals surface area contributed by atoms with E-state index in [9.17, 15) is 18.0 Å². The van der Waals surface area contributed by atoms with Crippen molar-refractivity contribution < 1.29 is 17.7 Å². The van der Waals surface area contributed by atoms with Crippen molar-refractivity contribution in [1.82, 2.24) is 10.1 Å². The summed E-state index contributed by atoms with van der Waals surface area (Å²) in [7, 11) is 0. The molecule has 0 unspecified atom stereocenters.